The van der Waals surface area contributed by atoms with Gasteiger partial charge in [0.1, 0.15) is 4.88 Å². The van der Waals surface area contributed by atoms with Gasteiger partial charge >= 0.3 is 0 Å². The molecule has 7 nitrogen and oxygen atoms in total. The zero-order valence-corrected chi connectivity index (χ0v) is 11.1. The molecule has 0 aliphatic carbocycles. The minimum atomic E-state index is -0.381. The predicted molar refractivity (Wildman–Crippen MR) is 66.0 cm³/mol. The molecule has 0 spiro atoms. The Bertz CT molecular complexity index is 498. The number of hydrogen-bond acceptors (Lipinski definition) is 8. The van der Waals surface area contributed by atoms with Crippen molar-refractivity contribution in [1.82, 2.24) is 19.7 Å². The van der Waals surface area contributed by atoms with Gasteiger partial charge in [-0.25, -0.2) is 0 Å². The molecule has 98 valence electrons. The third kappa shape index (κ3) is 2.71. The van der Waals surface area contributed by atoms with Crippen molar-refractivity contribution in [2.24, 2.45) is 5.73 Å². The first-order valence-corrected chi connectivity index (χ1v) is 6.52. The van der Waals surface area contributed by atoms with Crippen molar-refractivity contribution in [3.05, 3.63) is 11.5 Å². The maximum absolute atomic E-state index is 5.88. The topological polar surface area (TPSA) is 100.0 Å². The van der Waals surface area contributed by atoms with Crippen LogP contribution < -0.4 is 5.73 Å². The summed E-state index contributed by atoms with van der Waals surface area (Å²) in [6.07, 6.45) is 0.772. The van der Waals surface area contributed by atoms with Crippen LogP contribution in [0.1, 0.15) is 31.4 Å². The molecule has 0 saturated heterocycles. The van der Waals surface area contributed by atoms with E-state index >= 15 is 0 Å². The summed E-state index contributed by atoms with van der Waals surface area (Å²) in [6, 6.07) is -0.381. The molecule has 0 bridgehead atoms. The van der Waals surface area contributed by atoms with Crippen molar-refractivity contribution in [2.45, 2.75) is 26.3 Å². The Morgan fingerprint density at radius 3 is 3.00 bits per heavy atom. The third-order valence-corrected chi connectivity index (χ3v) is 3.12. The minimum Gasteiger partial charge on any atom is -0.380 e. The molecule has 18 heavy (non-hydrogen) atoms. The van der Waals surface area contributed by atoms with Crippen LogP contribution in [0.5, 0.6) is 0 Å². The number of ether oxygens (including phenoxy) is 1. The lowest BCUT2D eigenvalue weighted by Gasteiger charge is -2.05. The summed E-state index contributed by atoms with van der Waals surface area (Å²) in [4.78, 5) is 5.07. The molecule has 0 aliphatic rings. The van der Waals surface area contributed by atoms with Crippen LogP contribution in [0.3, 0.4) is 0 Å². The number of hydrogen-bond donors (Lipinski definition) is 1. The number of aryl methyl sites for hydroxylation is 1. The fourth-order valence-electron chi connectivity index (χ4n) is 1.40. The standard InChI is InChI=1S/C10H15N5O2S/c1-3-7-8(18-15-13-7)10-12-9(14-17-10)6(11)5-16-4-2/h6H,3-5,11H2,1-2H3. The van der Waals surface area contributed by atoms with Gasteiger partial charge in [0, 0.05) is 6.61 Å². The molecule has 2 heterocycles. The van der Waals surface area contributed by atoms with Crippen molar-refractivity contribution >= 4 is 11.5 Å². The van der Waals surface area contributed by atoms with Gasteiger partial charge in [-0.2, -0.15) is 4.98 Å². The van der Waals surface area contributed by atoms with Gasteiger partial charge in [0.2, 0.25) is 0 Å². The van der Waals surface area contributed by atoms with Gasteiger partial charge in [0.05, 0.1) is 18.3 Å². The zero-order valence-electron chi connectivity index (χ0n) is 10.3. The lowest BCUT2D eigenvalue weighted by Crippen LogP contribution is -2.18. The summed E-state index contributed by atoms with van der Waals surface area (Å²) in [7, 11) is 0. The Hall–Kier alpha value is -1.38. The van der Waals surface area contributed by atoms with Crippen LogP contribution in [0, 0.1) is 0 Å². The first kappa shape index (κ1) is 13.1. The van der Waals surface area contributed by atoms with Gasteiger partial charge in [-0.3, -0.25) is 0 Å². The van der Waals surface area contributed by atoms with Crippen LogP contribution in [0.15, 0.2) is 4.52 Å². The molecule has 0 amide bonds. The maximum Gasteiger partial charge on any atom is 0.271 e. The predicted octanol–water partition coefficient (Wildman–Crippen LogP) is 1.19. The van der Waals surface area contributed by atoms with Gasteiger partial charge in [0.15, 0.2) is 5.82 Å². The van der Waals surface area contributed by atoms with Gasteiger partial charge in [0.25, 0.3) is 5.89 Å². The van der Waals surface area contributed by atoms with Crippen LogP contribution >= 0.6 is 11.5 Å². The quantitative estimate of drug-likeness (QED) is 0.840. The number of nitrogens with two attached hydrogens (primary N) is 1. The normalized spacial score (nSPS) is 12.8. The fourth-order valence-corrected chi connectivity index (χ4v) is 2.07. The molecule has 0 saturated carbocycles. The van der Waals surface area contributed by atoms with Crippen molar-refractivity contribution in [3.63, 3.8) is 0 Å². The van der Waals surface area contributed by atoms with Crippen molar-refractivity contribution < 1.29 is 9.26 Å². The Morgan fingerprint density at radius 2 is 2.28 bits per heavy atom. The number of rotatable bonds is 6. The zero-order chi connectivity index (χ0) is 13.0. The highest BCUT2D eigenvalue weighted by atomic mass is 32.1. The maximum atomic E-state index is 5.88. The molecular weight excluding hydrogens is 254 g/mol. The van der Waals surface area contributed by atoms with E-state index in [1.807, 2.05) is 13.8 Å². The summed E-state index contributed by atoms with van der Waals surface area (Å²) in [5, 5.41) is 7.86. The van der Waals surface area contributed by atoms with Crippen molar-refractivity contribution in [1.29, 1.82) is 0 Å². The summed E-state index contributed by atoms with van der Waals surface area (Å²) < 4.78 is 14.3. The van der Waals surface area contributed by atoms with E-state index in [0.29, 0.717) is 24.9 Å². The molecule has 8 heteroatoms. The third-order valence-electron chi connectivity index (χ3n) is 2.36. The second-order valence-electron chi connectivity index (χ2n) is 3.63. The van der Waals surface area contributed by atoms with Crippen LogP contribution in [0.4, 0.5) is 0 Å². The second-order valence-corrected chi connectivity index (χ2v) is 4.38. The van der Waals surface area contributed by atoms with Crippen LogP contribution in [0.2, 0.25) is 0 Å². The molecule has 0 fully saturated rings. The first-order valence-electron chi connectivity index (χ1n) is 5.74. The van der Waals surface area contributed by atoms with E-state index in [9.17, 15) is 0 Å². The van der Waals surface area contributed by atoms with Crippen molar-refractivity contribution in [3.8, 4) is 10.8 Å². The first-order chi connectivity index (χ1) is 8.76. The van der Waals surface area contributed by atoms with E-state index in [4.69, 9.17) is 15.0 Å². The SMILES string of the molecule is CCOCC(N)c1noc(-c2snnc2CC)n1. The van der Waals surface area contributed by atoms with Gasteiger partial charge in [-0.1, -0.05) is 16.6 Å². The summed E-state index contributed by atoms with van der Waals surface area (Å²) >= 11 is 1.24. The Labute approximate surface area is 109 Å². The molecule has 0 aliphatic heterocycles. The highest BCUT2D eigenvalue weighted by Gasteiger charge is 2.19. The summed E-state index contributed by atoms with van der Waals surface area (Å²) in [6.45, 7) is 4.89. The lowest BCUT2D eigenvalue weighted by molar-refractivity contribution is 0.130. The molecule has 2 N–H and O–H groups in total. The van der Waals surface area contributed by atoms with E-state index in [0.717, 1.165) is 17.0 Å². The van der Waals surface area contributed by atoms with E-state index in [1.165, 1.54) is 11.5 Å². The molecule has 2 rings (SSSR count). The average Bonchev–Trinajstić information content (AvgIpc) is 3.02. The van der Waals surface area contributed by atoms with Gasteiger partial charge in [-0.05, 0) is 24.9 Å². The largest absolute Gasteiger partial charge is 0.380 e. The summed E-state index contributed by atoms with van der Waals surface area (Å²) in [5.74, 6) is 0.859. The van der Waals surface area contributed by atoms with Gasteiger partial charge < -0.3 is 15.0 Å². The molecule has 0 aromatic carbocycles. The van der Waals surface area contributed by atoms with E-state index < -0.39 is 0 Å². The van der Waals surface area contributed by atoms with E-state index in [-0.39, 0.29) is 6.04 Å². The Balaban J connectivity index is 2.15. The number of nitrogens with zero attached hydrogens (tertiary/aromatic N) is 4. The summed E-state index contributed by atoms with van der Waals surface area (Å²) in [5.41, 5.74) is 6.74. The molecule has 2 aromatic heterocycles. The van der Waals surface area contributed by atoms with Crippen LogP contribution in [-0.2, 0) is 11.2 Å². The molecule has 2 aromatic rings. The van der Waals surface area contributed by atoms with Crippen LogP contribution in [-0.4, -0.2) is 32.9 Å². The highest BCUT2D eigenvalue weighted by molar-refractivity contribution is 7.09. The monoisotopic (exact) mass is 269 g/mol. The molecule has 0 radical (unpaired) electrons. The average molecular weight is 269 g/mol. The number of aromatic nitrogens is 4. The molecular formula is C10H15N5O2S. The van der Waals surface area contributed by atoms with Crippen molar-refractivity contribution in [2.75, 3.05) is 13.2 Å². The molecule has 1 atom stereocenters. The highest BCUT2D eigenvalue weighted by Crippen LogP contribution is 2.25. The Kier molecular flexibility index (Phi) is 4.34. The van der Waals surface area contributed by atoms with Gasteiger partial charge in [-0.15, -0.1) is 5.10 Å². The smallest absolute Gasteiger partial charge is 0.271 e. The second kappa shape index (κ2) is 5.98. The van der Waals surface area contributed by atoms with E-state index in [1.54, 1.807) is 0 Å². The van der Waals surface area contributed by atoms with Crippen LogP contribution in [0.25, 0.3) is 10.8 Å². The van der Waals surface area contributed by atoms with E-state index in [2.05, 4.69) is 19.7 Å². The minimum absolute atomic E-state index is 0.372. The fraction of sp³-hybridized carbons (Fsp3) is 0.600. The lowest BCUT2D eigenvalue weighted by atomic mass is 10.3. The Morgan fingerprint density at radius 1 is 1.44 bits per heavy atom. The molecule has 1 unspecified atom stereocenters.